The third-order valence-corrected chi connectivity index (χ3v) is 4.09. The minimum Gasteiger partial charge on any atom is -0.375 e. The van der Waals surface area contributed by atoms with E-state index >= 15 is 0 Å². The van der Waals surface area contributed by atoms with E-state index in [1.807, 2.05) is 25.3 Å². The number of aryl methyl sites for hydroxylation is 1. The number of rotatable bonds is 5. The Hall–Kier alpha value is -1.96. The fourth-order valence-electron chi connectivity index (χ4n) is 2.05. The van der Waals surface area contributed by atoms with Crippen molar-refractivity contribution in [2.24, 2.45) is 0 Å². The van der Waals surface area contributed by atoms with Gasteiger partial charge in [-0.3, -0.25) is 4.79 Å². The fourth-order valence-corrected chi connectivity index (χ4v) is 2.96. The smallest absolute Gasteiger partial charge is 0.266 e. The first-order valence-electron chi connectivity index (χ1n) is 6.83. The number of nitrogen functional groups attached to an aromatic ring is 1. The van der Waals surface area contributed by atoms with Crippen LogP contribution in [0.15, 0.2) is 6.33 Å². The molecule has 21 heavy (non-hydrogen) atoms. The highest BCUT2D eigenvalue weighted by atomic mass is 32.1. The Morgan fingerprint density at radius 2 is 2.24 bits per heavy atom. The van der Waals surface area contributed by atoms with Crippen molar-refractivity contribution in [2.45, 2.75) is 39.8 Å². The van der Waals surface area contributed by atoms with E-state index in [2.05, 4.69) is 15.2 Å². The summed E-state index contributed by atoms with van der Waals surface area (Å²) in [6.45, 7) is 6.46. The lowest BCUT2D eigenvalue weighted by Crippen LogP contribution is -2.28. The Morgan fingerprint density at radius 3 is 2.86 bits per heavy atom. The highest BCUT2D eigenvalue weighted by Gasteiger charge is 2.21. The van der Waals surface area contributed by atoms with Crippen molar-refractivity contribution in [3.63, 3.8) is 0 Å². The van der Waals surface area contributed by atoms with Gasteiger partial charge in [-0.15, -0.1) is 10.2 Å². The molecule has 0 spiro atoms. The number of nitrogens with zero attached hydrogens (tertiary/aromatic N) is 5. The topological polar surface area (TPSA) is 89.9 Å². The standard InChI is InChI=1S/C13H20N6OS/c1-5-9-11(21-13(14)16-9)12(20)18(4)6-10-17-15-7-19(10)8(2)3/h7-8H,5-6H2,1-4H3,(H2,14,16). The van der Waals surface area contributed by atoms with Gasteiger partial charge in [-0.1, -0.05) is 18.3 Å². The maximum atomic E-state index is 12.5. The van der Waals surface area contributed by atoms with Crippen molar-refractivity contribution in [3.05, 3.63) is 22.7 Å². The van der Waals surface area contributed by atoms with E-state index in [4.69, 9.17) is 5.73 Å². The molecule has 8 heteroatoms. The Balaban J connectivity index is 2.17. The van der Waals surface area contributed by atoms with Gasteiger partial charge in [0.05, 0.1) is 12.2 Å². The highest BCUT2D eigenvalue weighted by Crippen LogP contribution is 2.23. The SMILES string of the molecule is CCc1nc(N)sc1C(=O)N(C)Cc1nncn1C(C)C. The van der Waals surface area contributed by atoms with Crippen molar-refractivity contribution < 1.29 is 4.79 Å². The van der Waals surface area contributed by atoms with Crippen molar-refractivity contribution in [3.8, 4) is 0 Å². The zero-order valence-electron chi connectivity index (χ0n) is 12.7. The molecule has 0 aliphatic carbocycles. The molecule has 2 aromatic heterocycles. The van der Waals surface area contributed by atoms with Crippen LogP contribution in [0.5, 0.6) is 0 Å². The van der Waals surface area contributed by atoms with Gasteiger partial charge in [-0.25, -0.2) is 4.98 Å². The zero-order valence-corrected chi connectivity index (χ0v) is 13.5. The molecule has 0 saturated carbocycles. The number of amides is 1. The van der Waals surface area contributed by atoms with Gasteiger partial charge < -0.3 is 15.2 Å². The van der Waals surface area contributed by atoms with Crippen LogP contribution in [0.25, 0.3) is 0 Å². The summed E-state index contributed by atoms with van der Waals surface area (Å²) in [5.41, 5.74) is 6.45. The number of aromatic nitrogens is 4. The Kier molecular flexibility index (Phi) is 4.56. The third-order valence-electron chi connectivity index (χ3n) is 3.17. The van der Waals surface area contributed by atoms with Crippen LogP contribution in [0.2, 0.25) is 0 Å². The van der Waals surface area contributed by atoms with Crippen LogP contribution >= 0.6 is 11.3 Å². The predicted octanol–water partition coefficient (Wildman–Crippen LogP) is 1.73. The minimum atomic E-state index is -0.0839. The number of anilines is 1. The molecule has 0 saturated heterocycles. The molecular formula is C13H20N6OS. The van der Waals surface area contributed by atoms with Crippen LogP contribution in [-0.4, -0.2) is 37.6 Å². The average molecular weight is 308 g/mol. The van der Waals surface area contributed by atoms with Crippen LogP contribution in [0.3, 0.4) is 0 Å². The van der Waals surface area contributed by atoms with Crippen LogP contribution in [0.4, 0.5) is 5.13 Å². The summed E-state index contributed by atoms with van der Waals surface area (Å²) in [6.07, 6.45) is 2.37. The molecule has 2 heterocycles. The first-order chi connectivity index (χ1) is 9.93. The van der Waals surface area contributed by atoms with Crippen molar-refractivity contribution in [1.29, 1.82) is 0 Å². The molecule has 0 bridgehead atoms. The minimum absolute atomic E-state index is 0.0839. The third kappa shape index (κ3) is 3.21. The molecule has 7 nitrogen and oxygen atoms in total. The van der Waals surface area contributed by atoms with Gasteiger partial charge in [0.2, 0.25) is 0 Å². The van der Waals surface area contributed by atoms with E-state index in [0.717, 1.165) is 11.5 Å². The normalized spacial score (nSPS) is 11.1. The molecule has 0 atom stereocenters. The Morgan fingerprint density at radius 1 is 1.52 bits per heavy atom. The van der Waals surface area contributed by atoms with E-state index in [1.165, 1.54) is 11.3 Å². The molecule has 0 radical (unpaired) electrons. The monoisotopic (exact) mass is 308 g/mol. The number of hydrogen-bond acceptors (Lipinski definition) is 6. The summed E-state index contributed by atoms with van der Waals surface area (Å²) in [6, 6.07) is 0.253. The molecular weight excluding hydrogens is 288 g/mol. The average Bonchev–Trinajstić information content (AvgIpc) is 3.03. The number of carbonyl (C=O) groups excluding carboxylic acids is 1. The lowest BCUT2D eigenvalue weighted by Gasteiger charge is -2.18. The molecule has 0 aliphatic heterocycles. The largest absolute Gasteiger partial charge is 0.375 e. The Bertz CT molecular complexity index is 632. The summed E-state index contributed by atoms with van der Waals surface area (Å²) < 4.78 is 1.95. The van der Waals surface area contributed by atoms with E-state index < -0.39 is 0 Å². The van der Waals surface area contributed by atoms with Gasteiger partial charge in [0.1, 0.15) is 11.2 Å². The number of hydrogen-bond donors (Lipinski definition) is 1. The van der Waals surface area contributed by atoms with Crippen molar-refractivity contribution in [1.82, 2.24) is 24.6 Å². The second-order valence-corrected chi connectivity index (χ2v) is 6.12. The summed E-state index contributed by atoms with van der Waals surface area (Å²) in [5.74, 6) is 0.677. The Labute approximate surface area is 127 Å². The maximum Gasteiger partial charge on any atom is 0.266 e. The zero-order chi connectivity index (χ0) is 15.6. The van der Waals surface area contributed by atoms with E-state index in [-0.39, 0.29) is 11.9 Å². The predicted molar refractivity (Wildman–Crippen MR) is 82.1 cm³/mol. The van der Waals surface area contributed by atoms with E-state index in [9.17, 15) is 4.79 Å². The molecule has 2 N–H and O–H groups in total. The maximum absolute atomic E-state index is 12.5. The molecule has 2 aromatic rings. The molecule has 1 amide bonds. The number of thiazole rings is 1. The van der Waals surface area contributed by atoms with Crippen LogP contribution in [-0.2, 0) is 13.0 Å². The van der Waals surface area contributed by atoms with Crippen molar-refractivity contribution in [2.75, 3.05) is 12.8 Å². The second-order valence-electron chi connectivity index (χ2n) is 5.09. The van der Waals surface area contributed by atoms with Crippen LogP contribution in [0, 0.1) is 0 Å². The number of carbonyl (C=O) groups is 1. The molecule has 0 fully saturated rings. The van der Waals surface area contributed by atoms with Gasteiger partial charge in [-0.05, 0) is 20.3 Å². The lowest BCUT2D eigenvalue weighted by atomic mass is 10.2. The molecule has 0 unspecified atom stereocenters. The second kappa shape index (κ2) is 6.21. The van der Waals surface area contributed by atoms with Crippen LogP contribution in [0.1, 0.15) is 48.0 Å². The molecule has 0 aliphatic rings. The molecule has 0 aromatic carbocycles. The van der Waals surface area contributed by atoms with Gasteiger partial charge in [0.15, 0.2) is 11.0 Å². The summed E-state index contributed by atoms with van der Waals surface area (Å²) in [7, 11) is 1.75. The first kappa shape index (κ1) is 15.4. The summed E-state index contributed by atoms with van der Waals surface area (Å²) in [4.78, 5) is 18.9. The lowest BCUT2D eigenvalue weighted by molar-refractivity contribution is 0.0783. The van der Waals surface area contributed by atoms with Crippen LogP contribution < -0.4 is 5.73 Å². The molecule has 114 valence electrons. The fraction of sp³-hybridized carbons (Fsp3) is 0.538. The summed E-state index contributed by atoms with van der Waals surface area (Å²) >= 11 is 1.23. The quantitative estimate of drug-likeness (QED) is 0.908. The number of nitrogens with two attached hydrogens (primary N) is 1. The van der Waals surface area contributed by atoms with E-state index in [0.29, 0.717) is 23.0 Å². The molecule has 2 rings (SSSR count). The highest BCUT2D eigenvalue weighted by molar-refractivity contribution is 7.17. The van der Waals surface area contributed by atoms with Gasteiger partial charge in [-0.2, -0.15) is 0 Å². The van der Waals surface area contributed by atoms with Crippen molar-refractivity contribution >= 4 is 22.4 Å². The van der Waals surface area contributed by atoms with Gasteiger partial charge in [0.25, 0.3) is 5.91 Å². The first-order valence-corrected chi connectivity index (χ1v) is 7.64. The van der Waals surface area contributed by atoms with Gasteiger partial charge >= 0.3 is 0 Å². The summed E-state index contributed by atoms with van der Waals surface area (Å²) in [5, 5.41) is 8.42. The van der Waals surface area contributed by atoms with E-state index in [1.54, 1.807) is 18.3 Å². The van der Waals surface area contributed by atoms with Gasteiger partial charge in [0, 0.05) is 13.1 Å².